The molecule has 0 fully saturated rings. The minimum atomic E-state index is -0.155. The van der Waals surface area contributed by atoms with E-state index in [-0.39, 0.29) is 30.7 Å². The van der Waals surface area contributed by atoms with Gasteiger partial charge >= 0.3 is 0 Å². The van der Waals surface area contributed by atoms with Crippen molar-refractivity contribution < 1.29 is 9.59 Å². The van der Waals surface area contributed by atoms with Crippen molar-refractivity contribution in [2.24, 2.45) is 5.10 Å². The lowest BCUT2D eigenvalue weighted by atomic mass is 10.1. The van der Waals surface area contributed by atoms with E-state index in [1.54, 1.807) is 11.0 Å². The number of benzene rings is 1. The van der Waals surface area contributed by atoms with Gasteiger partial charge in [-0.05, 0) is 12.5 Å². The molecule has 0 aliphatic carbocycles. The smallest absolute Gasteiger partial charge is 0.243 e. The zero-order valence-electron chi connectivity index (χ0n) is 14.7. The number of rotatable bonds is 7. The minimum Gasteiger partial charge on any atom is -0.352 e. The maximum atomic E-state index is 12.3. The molecule has 1 unspecified atom stereocenters. The number of hydrazone groups is 1. The van der Waals surface area contributed by atoms with Crippen LogP contribution in [0.15, 0.2) is 48.1 Å². The summed E-state index contributed by atoms with van der Waals surface area (Å²) in [6, 6.07) is 9.73. The standard InChI is InChI=1S/C18H22N6O2/c1-14(11-23-13-19-12-20-23)21-17(25)7-8-18(26)24-10-9-16(22-24)15-5-3-2-4-6-15/h2-6,12-14H,7-11H2,1H3,(H,21,25). The second-order valence-corrected chi connectivity index (χ2v) is 6.27. The Hall–Kier alpha value is -3.03. The average Bonchev–Trinajstić information content (AvgIpc) is 3.32. The van der Waals surface area contributed by atoms with Gasteiger partial charge in [-0.2, -0.15) is 10.2 Å². The number of aromatic nitrogens is 3. The monoisotopic (exact) mass is 354 g/mol. The molecule has 0 saturated carbocycles. The fourth-order valence-electron chi connectivity index (χ4n) is 2.82. The average molecular weight is 354 g/mol. The molecule has 0 radical (unpaired) electrons. The Morgan fingerprint density at radius 3 is 2.77 bits per heavy atom. The number of amides is 2. The van der Waals surface area contributed by atoms with E-state index in [1.165, 1.54) is 11.3 Å². The van der Waals surface area contributed by atoms with E-state index in [9.17, 15) is 9.59 Å². The normalized spacial score (nSPS) is 14.8. The molecular weight excluding hydrogens is 332 g/mol. The molecule has 0 bridgehead atoms. The van der Waals surface area contributed by atoms with E-state index in [0.717, 1.165) is 17.7 Å². The third kappa shape index (κ3) is 4.75. The topological polar surface area (TPSA) is 92.5 Å². The number of hydrogen-bond donors (Lipinski definition) is 1. The van der Waals surface area contributed by atoms with Crippen molar-refractivity contribution in [1.29, 1.82) is 0 Å². The van der Waals surface area contributed by atoms with Gasteiger partial charge in [0.05, 0.1) is 18.8 Å². The summed E-state index contributed by atoms with van der Waals surface area (Å²) in [6.45, 7) is 2.99. The van der Waals surface area contributed by atoms with Crippen LogP contribution in [-0.4, -0.2) is 49.9 Å². The molecule has 0 saturated heterocycles. The Kier molecular flexibility index (Phi) is 5.73. The number of carbonyl (C=O) groups excluding carboxylic acids is 2. The van der Waals surface area contributed by atoms with Crippen molar-refractivity contribution in [1.82, 2.24) is 25.1 Å². The van der Waals surface area contributed by atoms with Crippen molar-refractivity contribution in [2.45, 2.75) is 38.8 Å². The van der Waals surface area contributed by atoms with Crippen molar-refractivity contribution in [2.75, 3.05) is 6.54 Å². The predicted octanol–water partition coefficient (Wildman–Crippen LogP) is 1.20. The second-order valence-electron chi connectivity index (χ2n) is 6.27. The highest BCUT2D eigenvalue weighted by atomic mass is 16.2. The number of carbonyl (C=O) groups is 2. The lowest BCUT2D eigenvalue weighted by Gasteiger charge is -2.14. The van der Waals surface area contributed by atoms with Crippen LogP contribution in [0.25, 0.3) is 0 Å². The fourth-order valence-corrected chi connectivity index (χ4v) is 2.82. The Bertz CT molecular complexity index is 772. The molecule has 3 rings (SSSR count). The van der Waals surface area contributed by atoms with Gasteiger partial charge in [0.15, 0.2) is 0 Å². The number of nitrogens with zero attached hydrogens (tertiary/aromatic N) is 5. The van der Waals surface area contributed by atoms with Crippen molar-refractivity contribution in [3.63, 3.8) is 0 Å². The van der Waals surface area contributed by atoms with Crippen LogP contribution in [-0.2, 0) is 16.1 Å². The minimum absolute atomic E-state index is 0.0891. The SMILES string of the molecule is CC(Cn1cncn1)NC(=O)CCC(=O)N1CCC(c2ccccc2)=N1. The first-order valence-electron chi connectivity index (χ1n) is 8.67. The van der Waals surface area contributed by atoms with Crippen LogP contribution in [0.2, 0.25) is 0 Å². The van der Waals surface area contributed by atoms with Gasteiger partial charge < -0.3 is 5.32 Å². The first-order valence-corrected chi connectivity index (χ1v) is 8.67. The van der Waals surface area contributed by atoms with Crippen molar-refractivity contribution in [3.8, 4) is 0 Å². The summed E-state index contributed by atoms with van der Waals surface area (Å²) in [5.74, 6) is -0.285. The Morgan fingerprint density at radius 1 is 1.23 bits per heavy atom. The maximum absolute atomic E-state index is 12.3. The van der Waals surface area contributed by atoms with Gasteiger partial charge in [-0.25, -0.2) is 9.99 Å². The maximum Gasteiger partial charge on any atom is 0.243 e. The summed E-state index contributed by atoms with van der Waals surface area (Å²) in [6.07, 6.45) is 4.08. The summed E-state index contributed by atoms with van der Waals surface area (Å²) in [5.41, 5.74) is 1.94. The Labute approximate surface area is 151 Å². The molecule has 1 aliphatic heterocycles. The van der Waals surface area contributed by atoms with E-state index < -0.39 is 0 Å². The molecule has 8 nitrogen and oxygen atoms in total. The van der Waals surface area contributed by atoms with Gasteiger partial charge in [0.2, 0.25) is 11.8 Å². The molecule has 1 aromatic heterocycles. The van der Waals surface area contributed by atoms with Crippen LogP contribution in [0.5, 0.6) is 0 Å². The fraction of sp³-hybridized carbons (Fsp3) is 0.389. The van der Waals surface area contributed by atoms with E-state index >= 15 is 0 Å². The van der Waals surface area contributed by atoms with E-state index in [2.05, 4.69) is 20.5 Å². The van der Waals surface area contributed by atoms with Gasteiger partial charge in [0, 0.05) is 25.3 Å². The molecule has 2 amide bonds. The molecule has 1 aromatic carbocycles. The lowest BCUT2D eigenvalue weighted by Crippen LogP contribution is -2.36. The zero-order valence-corrected chi connectivity index (χ0v) is 14.7. The van der Waals surface area contributed by atoms with Crippen LogP contribution in [0, 0.1) is 0 Å². The van der Waals surface area contributed by atoms with Gasteiger partial charge in [0.25, 0.3) is 0 Å². The quantitative estimate of drug-likeness (QED) is 0.809. The van der Waals surface area contributed by atoms with Gasteiger partial charge in [-0.1, -0.05) is 30.3 Å². The Morgan fingerprint density at radius 2 is 2.04 bits per heavy atom. The lowest BCUT2D eigenvalue weighted by molar-refractivity contribution is -0.133. The van der Waals surface area contributed by atoms with Crippen LogP contribution < -0.4 is 5.32 Å². The van der Waals surface area contributed by atoms with Crippen LogP contribution in [0.3, 0.4) is 0 Å². The molecule has 0 spiro atoms. The van der Waals surface area contributed by atoms with Gasteiger partial charge in [0.1, 0.15) is 12.7 Å². The number of hydrogen-bond acceptors (Lipinski definition) is 5. The summed E-state index contributed by atoms with van der Waals surface area (Å²) in [4.78, 5) is 28.2. The highest BCUT2D eigenvalue weighted by molar-refractivity contribution is 6.02. The Balaban J connectivity index is 1.44. The summed E-state index contributed by atoms with van der Waals surface area (Å²) < 4.78 is 1.65. The van der Waals surface area contributed by atoms with E-state index in [1.807, 2.05) is 37.3 Å². The van der Waals surface area contributed by atoms with Crippen LogP contribution in [0.1, 0.15) is 31.7 Å². The second kappa shape index (κ2) is 8.37. The predicted molar refractivity (Wildman–Crippen MR) is 96.2 cm³/mol. The molecule has 1 N–H and O–H groups in total. The molecular formula is C18H22N6O2. The van der Waals surface area contributed by atoms with E-state index in [0.29, 0.717) is 13.1 Å². The number of nitrogens with one attached hydrogen (secondary N) is 1. The molecule has 136 valence electrons. The van der Waals surface area contributed by atoms with Crippen molar-refractivity contribution in [3.05, 3.63) is 48.5 Å². The van der Waals surface area contributed by atoms with Crippen LogP contribution >= 0.6 is 0 Å². The molecule has 2 aromatic rings. The third-order valence-corrected chi connectivity index (χ3v) is 4.10. The zero-order chi connectivity index (χ0) is 18.4. The highest BCUT2D eigenvalue weighted by Crippen LogP contribution is 2.14. The first-order chi connectivity index (χ1) is 12.6. The molecule has 1 atom stereocenters. The van der Waals surface area contributed by atoms with Crippen molar-refractivity contribution >= 4 is 17.5 Å². The summed E-state index contributed by atoms with van der Waals surface area (Å²) >= 11 is 0. The summed E-state index contributed by atoms with van der Waals surface area (Å²) in [5, 5.41) is 12.7. The van der Waals surface area contributed by atoms with Crippen LogP contribution in [0.4, 0.5) is 0 Å². The highest BCUT2D eigenvalue weighted by Gasteiger charge is 2.22. The summed E-state index contributed by atoms with van der Waals surface area (Å²) in [7, 11) is 0. The molecule has 2 heterocycles. The van der Waals surface area contributed by atoms with E-state index in [4.69, 9.17) is 0 Å². The first kappa shape index (κ1) is 17.8. The largest absolute Gasteiger partial charge is 0.352 e. The molecule has 1 aliphatic rings. The van der Waals surface area contributed by atoms with Gasteiger partial charge in [-0.15, -0.1) is 0 Å². The van der Waals surface area contributed by atoms with Gasteiger partial charge in [-0.3, -0.25) is 14.3 Å². The molecule has 8 heteroatoms. The third-order valence-electron chi connectivity index (χ3n) is 4.10. The molecule has 26 heavy (non-hydrogen) atoms.